The van der Waals surface area contributed by atoms with Crippen molar-refractivity contribution in [1.29, 1.82) is 0 Å². The third kappa shape index (κ3) is 4.54. The molecule has 0 spiro atoms. The summed E-state index contributed by atoms with van der Waals surface area (Å²) in [6.07, 6.45) is 0. The van der Waals surface area contributed by atoms with Crippen LogP contribution in [0.25, 0.3) is 0 Å². The molecule has 0 N–H and O–H groups in total. The quantitative estimate of drug-likeness (QED) is 0.575. The molecule has 0 atom stereocenters. The number of hydrogen-bond acceptors (Lipinski definition) is 5. The molecule has 1 aliphatic heterocycles. The van der Waals surface area contributed by atoms with E-state index >= 15 is 0 Å². The van der Waals surface area contributed by atoms with Crippen LogP contribution in [0.2, 0.25) is 0 Å². The zero-order valence-electron chi connectivity index (χ0n) is 14.9. The lowest BCUT2D eigenvalue weighted by Gasteiger charge is -2.26. The predicted octanol–water partition coefficient (Wildman–Crippen LogP) is 3.64. The minimum Gasteiger partial charge on any atom is -0.462 e. The van der Waals surface area contributed by atoms with Crippen molar-refractivity contribution < 1.29 is 14.3 Å². The molecule has 0 unspecified atom stereocenters. The maximum absolute atomic E-state index is 12.9. The van der Waals surface area contributed by atoms with Gasteiger partial charge < -0.3 is 4.74 Å². The smallest absolute Gasteiger partial charge is 0.338 e. The molecule has 136 valence electrons. The highest BCUT2D eigenvalue weighted by molar-refractivity contribution is 7.99. The lowest BCUT2D eigenvalue weighted by Crippen LogP contribution is -2.31. The molecule has 5 heteroatoms. The molecule has 0 radical (unpaired) electrons. The van der Waals surface area contributed by atoms with E-state index in [2.05, 4.69) is 4.90 Å². The second-order valence-corrected chi connectivity index (χ2v) is 7.41. The molecule has 2 aromatic carbocycles. The van der Waals surface area contributed by atoms with Crippen molar-refractivity contribution in [2.45, 2.75) is 13.5 Å². The maximum Gasteiger partial charge on any atom is 0.338 e. The molecule has 1 aliphatic rings. The van der Waals surface area contributed by atoms with Crippen LogP contribution in [0.15, 0.2) is 48.5 Å². The van der Waals surface area contributed by atoms with E-state index in [4.69, 9.17) is 4.74 Å². The van der Waals surface area contributed by atoms with E-state index in [1.165, 1.54) is 17.1 Å². The van der Waals surface area contributed by atoms with E-state index in [0.717, 1.165) is 19.6 Å². The number of esters is 1. The van der Waals surface area contributed by atoms with Gasteiger partial charge in [-0.1, -0.05) is 42.5 Å². The van der Waals surface area contributed by atoms with E-state index in [-0.39, 0.29) is 12.4 Å². The molecule has 0 aliphatic carbocycles. The number of carbonyl (C=O) groups is 2. The van der Waals surface area contributed by atoms with Crippen LogP contribution in [0.4, 0.5) is 0 Å². The summed E-state index contributed by atoms with van der Waals surface area (Å²) in [5.74, 6) is 1.74. The minimum absolute atomic E-state index is 0.158. The molecule has 0 amide bonds. The van der Waals surface area contributed by atoms with Crippen molar-refractivity contribution in [3.05, 3.63) is 70.8 Å². The summed E-state index contributed by atoms with van der Waals surface area (Å²) in [6.45, 7) is 5.16. The van der Waals surface area contributed by atoms with Crippen LogP contribution in [0.1, 0.15) is 38.8 Å². The molecular formula is C21H23NO3S. The zero-order chi connectivity index (χ0) is 18.4. The van der Waals surface area contributed by atoms with Crippen molar-refractivity contribution in [3.8, 4) is 0 Å². The van der Waals surface area contributed by atoms with Crippen LogP contribution < -0.4 is 0 Å². The molecular weight excluding hydrogens is 346 g/mol. The standard InChI is InChI=1S/C21H23NO3S/c1-2-25-21(24)19-6-4-3-5-18(19)20(23)17-9-7-16(8-10-17)15-22-11-13-26-14-12-22/h3-10H,2,11-15H2,1H3. The predicted molar refractivity (Wildman–Crippen MR) is 105 cm³/mol. The van der Waals surface area contributed by atoms with Crippen LogP contribution >= 0.6 is 11.8 Å². The molecule has 3 rings (SSSR count). The summed E-state index contributed by atoms with van der Waals surface area (Å²) >= 11 is 2.00. The van der Waals surface area contributed by atoms with Gasteiger partial charge in [-0.3, -0.25) is 9.69 Å². The highest BCUT2D eigenvalue weighted by atomic mass is 32.2. The van der Waals surface area contributed by atoms with Gasteiger partial charge in [-0.2, -0.15) is 11.8 Å². The first-order valence-corrected chi connectivity index (χ1v) is 10.0. The number of hydrogen-bond donors (Lipinski definition) is 0. The molecule has 26 heavy (non-hydrogen) atoms. The van der Waals surface area contributed by atoms with Gasteiger partial charge in [0, 0.05) is 42.3 Å². The van der Waals surface area contributed by atoms with Crippen molar-refractivity contribution in [3.63, 3.8) is 0 Å². The van der Waals surface area contributed by atoms with E-state index in [0.29, 0.717) is 16.7 Å². The SMILES string of the molecule is CCOC(=O)c1ccccc1C(=O)c1ccc(CN2CCSCC2)cc1. The van der Waals surface area contributed by atoms with Gasteiger partial charge in [-0.15, -0.1) is 0 Å². The topological polar surface area (TPSA) is 46.6 Å². The fourth-order valence-corrected chi connectivity index (χ4v) is 3.98. The lowest BCUT2D eigenvalue weighted by molar-refractivity contribution is 0.0523. The minimum atomic E-state index is -0.462. The Morgan fingerprint density at radius 3 is 2.31 bits per heavy atom. The normalized spacial score (nSPS) is 14.8. The molecule has 0 bridgehead atoms. The third-order valence-electron chi connectivity index (χ3n) is 4.39. The van der Waals surface area contributed by atoms with Crippen molar-refractivity contribution >= 4 is 23.5 Å². The first kappa shape index (κ1) is 18.7. The molecule has 1 heterocycles. The molecule has 4 nitrogen and oxygen atoms in total. The first-order valence-electron chi connectivity index (χ1n) is 8.89. The highest BCUT2D eigenvalue weighted by Crippen LogP contribution is 2.18. The molecule has 1 fully saturated rings. The largest absolute Gasteiger partial charge is 0.462 e. The second kappa shape index (κ2) is 9.01. The van der Waals surface area contributed by atoms with Gasteiger partial charge in [0.15, 0.2) is 5.78 Å². The number of ether oxygens (including phenoxy) is 1. The van der Waals surface area contributed by atoms with Crippen molar-refractivity contribution in [2.75, 3.05) is 31.2 Å². The van der Waals surface area contributed by atoms with E-state index in [1.54, 1.807) is 31.2 Å². The Balaban J connectivity index is 1.75. The van der Waals surface area contributed by atoms with Gasteiger partial charge in [-0.05, 0) is 18.6 Å². The third-order valence-corrected chi connectivity index (χ3v) is 5.34. The monoisotopic (exact) mass is 369 g/mol. The van der Waals surface area contributed by atoms with Crippen molar-refractivity contribution in [2.24, 2.45) is 0 Å². The zero-order valence-corrected chi connectivity index (χ0v) is 15.8. The average Bonchev–Trinajstić information content (AvgIpc) is 2.69. The molecule has 0 aromatic heterocycles. The Kier molecular flexibility index (Phi) is 6.47. The lowest BCUT2D eigenvalue weighted by atomic mass is 9.97. The summed E-state index contributed by atoms with van der Waals surface area (Å²) in [7, 11) is 0. The van der Waals surface area contributed by atoms with Crippen LogP contribution in [0, 0.1) is 0 Å². The number of nitrogens with zero attached hydrogens (tertiary/aromatic N) is 1. The summed E-state index contributed by atoms with van der Waals surface area (Å²) in [6, 6.07) is 14.5. The fraction of sp³-hybridized carbons (Fsp3) is 0.333. The van der Waals surface area contributed by atoms with Gasteiger partial charge in [0.1, 0.15) is 0 Å². The fourth-order valence-electron chi connectivity index (χ4n) is 3.00. The van der Waals surface area contributed by atoms with Gasteiger partial charge in [-0.25, -0.2) is 4.79 Å². The Labute approximate surface area is 158 Å². The maximum atomic E-state index is 12.9. The van der Waals surface area contributed by atoms with Crippen LogP contribution in [-0.2, 0) is 11.3 Å². The van der Waals surface area contributed by atoms with Gasteiger partial charge in [0.2, 0.25) is 0 Å². The first-order chi connectivity index (χ1) is 12.7. The summed E-state index contributed by atoms with van der Waals surface area (Å²) < 4.78 is 5.06. The number of carbonyl (C=O) groups excluding carboxylic acids is 2. The highest BCUT2D eigenvalue weighted by Gasteiger charge is 2.19. The summed E-state index contributed by atoms with van der Waals surface area (Å²) in [5.41, 5.74) is 2.48. The van der Waals surface area contributed by atoms with Crippen LogP contribution in [0.3, 0.4) is 0 Å². The Bertz CT molecular complexity index is 767. The molecule has 1 saturated heterocycles. The summed E-state index contributed by atoms with van der Waals surface area (Å²) in [4.78, 5) is 27.4. The average molecular weight is 369 g/mol. The van der Waals surface area contributed by atoms with Gasteiger partial charge in [0.05, 0.1) is 12.2 Å². The Hall–Kier alpha value is -2.11. The Morgan fingerprint density at radius 1 is 1.00 bits per heavy atom. The van der Waals surface area contributed by atoms with E-state index in [9.17, 15) is 9.59 Å². The van der Waals surface area contributed by atoms with E-state index < -0.39 is 5.97 Å². The van der Waals surface area contributed by atoms with Crippen molar-refractivity contribution in [1.82, 2.24) is 4.90 Å². The van der Waals surface area contributed by atoms with Gasteiger partial charge >= 0.3 is 5.97 Å². The number of rotatable bonds is 6. The number of benzene rings is 2. The molecule has 2 aromatic rings. The van der Waals surface area contributed by atoms with Gasteiger partial charge in [0.25, 0.3) is 0 Å². The van der Waals surface area contributed by atoms with Crippen LogP contribution in [-0.4, -0.2) is 47.9 Å². The summed E-state index contributed by atoms with van der Waals surface area (Å²) in [5, 5.41) is 0. The number of thioether (sulfide) groups is 1. The molecule has 0 saturated carbocycles. The number of ketones is 1. The van der Waals surface area contributed by atoms with Crippen LogP contribution in [0.5, 0.6) is 0 Å². The second-order valence-electron chi connectivity index (χ2n) is 6.18. The Morgan fingerprint density at radius 2 is 1.65 bits per heavy atom. The van der Waals surface area contributed by atoms with E-state index in [1.807, 2.05) is 36.0 Å².